The van der Waals surface area contributed by atoms with Crippen LogP contribution in [-0.2, 0) is 14.3 Å². The van der Waals surface area contributed by atoms with Crippen LogP contribution in [0.2, 0.25) is 0 Å². The highest BCUT2D eigenvalue weighted by Crippen LogP contribution is 2.42. The predicted molar refractivity (Wildman–Crippen MR) is 70.7 cm³/mol. The first-order valence-electron chi connectivity index (χ1n) is 6.17. The number of nitrogens with zero attached hydrogens (tertiary/aromatic N) is 1. The monoisotopic (exact) mass is 294 g/mol. The third-order valence-corrected chi connectivity index (χ3v) is 3.35. The Morgan fingerprint density at radius 1 is 1.43 bits per heavy atom. The highest BCUT2D eigenvalue weighted by Gasteiger charge is 2.46. The van der Waals surface area contributed by atoms with Gasteiger partial charge < -0.3 is 14.8 Å². The second-order valence-corrected chi connectivity index (χ2v) is 5.10. The van der Waals surface area contributed by atoms with Crippen LogP contribution in [0, 0.1) is 10.1 Å². The summed E-state index contributed by atoms with van der Waals surface area (Å²) in [6, 6.07) is 3.35. The summed E-state index contributed by atoms with van der Waals surface area (Å²) in [5, 5.41) is 13.4. The van der Waals surface area contributed by atoms with Gasteiger partial charge in [0, 0.05) is 17.7 Å². The standard InChI is InChI=1S/C13H14N2O6/c1-13(2)12(20-7-17)11(14-6-16)9-5-8(15(18)19)3-4-10(9)21-13/h3-7,11-12H,1-2H3,(H,14,16). The molecule has 1 N–H and O–H groups in total. The fourth-order valence-electron chi connectivity index (χ4n) is 2.44. The lowest BCUT2D eigenvalue weighted by molar-refractivity contribution is -0.385. The SMILES string of the molecule is CC1(C)Oc2ccc([N+](=O)[O-])cc2C(NC=O)C1OC=O. The molecule has 21 heavy (non-hydrogen) atoms. The number of carbonyl (C=O) groups is 2. The Labute approximate surface area is 120 Å². The zero-order chi connectivity index (χ0) is 15.6. The third kappa shape index (κ3) is 2.64. The number of ether oxygens (including phenoxy) is 2. The van der Waals surface area contributed by atoms with E-state index in [-0.39, 0.29) is 12.2 Å². The van der Waals surface area contributed by atoms with Crippen LogP contribution < -0.4 is 10.1 Å². The molecule has 0 spiro atoms. The van der Waals surface area contributed by atoms with Crippen LogP contribution in [0.25, 0.3) is 0 Å². The lowest BCUT2D eigenvalue weighted by Crippen LogP contribution is -2.53. The lowest BCUT2D eigenvalue weighted by Gasteiger charge is -2.42. The van der Waals surface area contributed by atoms with Gasteiger partial charge in [-0.15, -0.1) is 0 Å². The van der Waals surface area contributed by atoms with Crippen molar-refractivity contribution in [2.24, 2.45) is 0 Å². The van der Waals surface area contributed by atoms with Gasteiger partial charge in [0.1, 0.15) is 11.4 Å². The highest BCUT2D eigenvalue weighted by atomic mass is 16.6. The second-order valence-electron chi connectivity index (χ2n) is 5.10. The fraction of sp³-hybridized carbons (Fsp3) is 0.385. The number of amides is 1. The number of hydrogen-bond acceptors (Lipinski definition) is 6. The Morgan fingerprint density at radius 2 is 2.14 bits per heavy atom. The molecule has 1 aromatic rings. The predicted octanol–water partition coefficient (Wildman–Crippen LogP) is 1.09. The molecule has 1 aliphatic heterocycles. The van der Waals surface area contributed by atoms with Gasteiger partial charge in [0.15, 0.2) is 6.10 Å². The van der Waals surface area contributed by atoms with E-state index < -0.39 is 22.7 Å². The molecular formula is C13H14N2O6. The first-order chi connectivity index (χ1) is 9.90. The Hall–Kier alpha value is -2.64. The number of rotatable bonds is 5. The van der Waals surface area contributed by atoms with E-state index >= 15 is 0 Å². The highest BCUT2D eigenvalue weighted by molar-refractivity contribution is 5.54. The van der Waals surface area contributed by atoms with Crippen molar-refractivity contribution in [1.29, 1.82) is 0 Å². The number of non-ortho nitro benzene ring substituents is 1. The van der Waals surface area contributed by atoms with Crippen LogP contribution in [0.4, 0.5) is 5.69 Å². The maximum absolute atomic E-state index is 10.9. The lowest BCUT2D eigenvalue weighted by atomic mass is 9.86. The van der Waals surface area contributed by atoms with Gasteiger partial charge in [-0.25, -0.2) is 0 Å². The quantitative estimate of drug-likeness (QED) is 0.495. The summed E-state index contributed by atoms with van der Waals surface area (Å²) in [6.07, 6.45) is -0.356. The summed E-state index contributed by atoms with van der Waals surface area (Å²) >= 11 is 0. The summed E-state index contributed by atoms with van der Waals surface area (Å²) in [5.74, 6) is 0.399. The first kappa shape index (κ1) is 14.8. The average molecular weight is 294 g/mol. The van der Waals surface area contributed by atoms with Gasteiger partial charge in [0.25, 0.3) is 12.2 Å². The molecule has 0 bridgehead atoms. The van der Waals surface area contributed by atoms with E-state index in [9.17, 15) is 19.7 Å². The number of nitrogens with one attached hydrogen (secondary N) is 1. The Kier molecular flexibility index (Phi) is 3.79. The van der Waals surface area contributed by atoms with Crippen LogP contribution in [0.3, 0.4) is 0 Å². The largest absolute Gasteiger partial charge is 0.484 e. The number of hydrogen-bond donors (Lipinski definition) is 1. The normalized spacial score (nSPS) is 22.4. The molecule has 0 fully saturated rings. The summed E-state index contributed by atoms with van der Waals surface area (Å²) in [6.45, 7) is 3.66. The molecule has 0 saturated heterocycles. The van der Waals surface area contributed by atoms with Gasteiger partial charge in [0.05, 0.1) is 11.0 Å². The van der Waals surface area contributed by atoms with Gasteiger partial charge >= 0.3 is 0 Å². The molecule has 0 radical (unpaired) electrons. The van der Waals surface area contributed by atoms with Crippen molar-refractivity contribution in [2.45, 2.75) is 31.6 Å². The molecule has 1 amide bonds. The minimum atomic E-state index is -0.898. The maximum Gasteiger partial charge on any atom is 0.293 e. The van der Waals surface area contributed by atoms with Crippen LogP contribution in [-0.4, -0.2) is 29.5 Å². The fourth-order valence-corrected chi connectivity index (χ4v) is 2.44. The van der Waals surface area contributed by atoms with Crippen LogP contribution >= 0.6 is 0 Å². The minimum absolute atomic E-state index is 0.139. The molecule has 112 valence electrons. The molecule has 2 atom stereocenters. The van der Waals surface area contributed by atoms with E-state index in [0.29, 0.717) is 17.7 Å². The number of nitro benzene ring substituents is 1. The Bertz CT molecular complexity index is 586. The summed E-state index contributed by atoms with van der Waals surface area (Å²) < 4.78 is 10.8. The topological polar surface area (TPSA) is 108 Å². The number of nitro groups is 1. The van der Waals surface area contributed by atoms with Crippen LogP contribution in [0.15, 0.2) is 18.2 Å². The first-order valence-corrected chi connectivity index (χ1v) is 6.17. The molecule has 1 aromatic carbocycles. The van der Waals surface area contributed by atoms with Crippen molar-refractivity contribution in [2.75, 3.05) is 0 Å². The van der Waals surface area contributed by atoms with E-state index in [1.54, 1.807) is 13.8 Å². The van der Waals surface area contributed by atoms with Crippen molar-refractivity contribution in [3.8, 4) is 5.75 Å². The van der Waals surface area contributed by atoms with Gasteiger partial charge in [-0.1, -0.05) is 0 Å². The molecule has 1 aliphatic rings. The van der Waals surface area contributed by atoms with Gasteiger partial charge in [-0.3, -0.25) is 19.7 Å². The van der Waals surface area contributed by atoms with Crippen molar-refractivity contribution in [1.82, 2.24) is 5.32 Å². The van der Waals surface area contributed by atoms with Crippen LogP contribution in [0.1, 0.15) is 25.5 Å². The van der Waals surface area contributed by atoms with Gasteiger partial charge in [0.2, 0.25) is 6.41 Å². The summed E-state index contributed by atoms with van der Waals surface area (Å²) in [4.78, 5) is 31.9. The van der Waals surface area contributed by atoms with Gasteiger partial charge in [-0.05, 0) is 19.9 Å². The van der Waals surface area contributed by atoms with Gasteiger partial charge in [-0.2, -0.15) is 0 Å². The molecule has 0 aliphatic carbocycles. The van der Waals surface area contributed by atoms with E-state index in [1.807, 2.05) is 0 Å². The molecule has 0 aromatic heterocycles. The number of fused-ring (bicyclic) bond motifs is 1. The zero-order valence-electron chi connectivity index (χ0n) is 11.4. The Balaban J connectivity index is 2.55. The van der Waals surface area contributed by atoms with Crippen molar-refractivity contribution in [3.63, 3.8) is 0 Å². The molecule has 2 unspecified atom stereocenters. The third-order valence-electron chi connectivity index (χ3n) is 3.35. The molecule has 0 saturated carbocycles. The van der Waals surface area contributed by atoms with Crippen molar-refractivity contribution >= 4 is 18.6 Å². The van der Waals surface area contributed by atoms with E-state index in [1.165, 1.54) is 18.2 Å². The minimum Gasteiger partial charge on any atom is -0.484 e. The molecule has 8 nitrogen and oxygen atoms in total. The van der Waals surface area contributed by atoms with Crippen LogP contribution in [0.5, 0.6) is 5.75 Å². The van der Waals surface area contributed by atoms with Crippen molar-refractivity contribution < 1.29 is 24.0 Å². The number of carbonyl (C=O) groups excluding carboxylic acids is 2. The number of benzene rings is 1. The summed E-state index contributed by atoms with van der Waals surface area (Å²) in [7, 11) is 0. The molecule has 2 rings (SSSR count). The zero-order valence-corrected chi connectivity index (χ0v) is 11.4. The summed E-state index contributed by atoms with van der Waals surface area (Å²) in [5.41, 5.74) is -0.646. The molecule has 1 heterocycles. The molecular weight excluding hydrogens is 280 g/mol. The van der Waals surface area contributed by atoms with E-state index in [0.717, 1.165) is 0 Å². The van der Waals surface area contributed by atoms with E-state index in [4.69, 9.17) is 9.47 Å². The maximum atomic E-state index is 10.9. The molecule has 8 heteroatoms. The van der Waals surface area contributed by atoms with Crippen molar-refractivity contribution in [3.05, 3.63) is 33.9 Å². The van der Waals surface area contributed by atoms with E-state index in [2.05, 4.69) is 5.32 Å². The average Bonchev–Trinajstić information content (AvgIpc) is 2.41. The second kappa shape index (κ2) is 5.39. The smallest absolute Gasteiger partial charge is 0.293 e. The Morgan fingerprint density at radius 3 is 2.71 bits per heavy atom.